The van der Waals surface area contributed by atoms with Crippen molar-refractivity contribution in [3.8, 4) is 39.1 Å². The number of fused-ring (bicyclic) bond motifs is 6. The van der Waals surface area contributed by atoms with E-state index in [4.69, 9.17) is 0 Å². The summed E-state index contributed by atoms with van der Waals surface area (Å²) < 4.78 is 2.45. The molecule has 1 atom stereocenters. The van der Waals surface area contributed by atoms with Gasteiger partial charge in [0.25, 0.3) is 0 Å². The number of aromatic nitrogens is 1. The van der Waals surface area contributed by atoms with Crippen LogP contribution in [0.1, 0.15) is 22.6 Å². The molecule has 0 radical (unpaired) electrons. The zero-order valence-corrected chi connectivity index (χ0v) is 24.2. The summed E-state index contributed by atoms with van der Waals surface area (Å²) in [6.07, 6.45) is 0. The molecule has 9 rings (SSSR count). The van der Waals surface area contributed by atoms with Crippen LogP contribution in [0.5, 0.6) is 0 Å². The van der Waals surface area contributed by atoms with Gasteiger partial charge in [-0.05, 0) is 74.8 Å². The van der Waals surface area contributed by atoms with E-state index < -0.39 is 0 Å². The first kappa shape index (κ1) is 24.9. The Morgan fingerprint density at radius 3 is 1.86 bits per heavy atom. The van der Waals surface area contributed by atoms with Gasteiger partial charge in [-0.25, -0.2) is 0 Å². The van der Waals surface area contributed by atoms with E-state index in [2.05, 4.69) is 174 Å². The molecule has 8 aromatic rings. The Hall–Kier alpha value is -5.66. The molecule has 1 heteroatoms. The normalized spacial score (nSPS) is 13.7. The molecule has 0 bridgehead atoms. The minimum Gasteiger partial charge on any atom is -0.309 e. The molecule has 1 aromatic heterocycles. The number of hydrogen-bond acceptors (Lipinski definition) is 0. The highest BCUT2D eigenvalue weighted by Gasteiger charge is 2.30. The minimum atomic E-state index is 0.253. The van der Waals surface area contributed by atoms with Gasteiger partial charge in [-0.15, -0.1) is 0 Å². The summed E-state index contributed by atoms with van der Waals surface area (Å²) in [5.41, 5.74) is 15.3. The SMILES string of the molecule is c1ccc(-c2ccc3c(c2)c2ccccc2n3-c2ccccc2-c2ccc3c(c2)-c2ccccc2C3c2ccccc2)cc1. The van der Waals surface area contributed by atoms with Crippen LogP contribution in [0.4, 0.5) is 0 Å². The molecule has 1 aliphatic rings. The molecule has 1 heterocycles. The number of rotatable bonds is 4. The van der Waals surface area contributed by atoms with E-state index in [0.717, 1.165) is 0 Å². The van der Waals surface area contributed by atoms with Crippen LogP contribution >= 0.6 is 0 Å². The van der Waals surface area contributed by atoms with E-state index in [1.54, 1.807) is 0 Å². The molecular weight excluding hydrogens is 530 g/mol. The fourth-order valence-corrected chi connectivity index (χ4v) is 7.33. The largest absolute Gasteiger partial charge is 0.309 e. The summed E-state index contributed by atoms with van der Waals surface area (Å²) >= 11 is 0. The van der Waals surface area contributed by atoms with Crippen LogP contribution in [-0.4, -0.2) is 4.57 Å². The highest BCUT2D eigenvalue weighted by atomic mass is 15.0. The molecule has 0 saturated carbocycles. The van der Waals surface area contributed by atoms with Gasteiger partial charge in [-0.3, -0.25) is 0 Å². The third kappa shape index (κ3) is 3.80. The minimum absolute atomic E-state index is 0.253. The molecule has 1 nitrogen and oxygen atoms in total. The highest BCUT2D eigenvalue weighted by molar-refractivity contribution is 6.11. The summed E-state index contributed by atoms with van der Waals surface area (Å²) in [7, 11) is 0. The van der Waals surface area contributed by atoms with Crippen molar-refractivity contribution in [1.29, 1.82) is 0 Å². The van der Waals surface area contributed by atoms with Crippen LogP contribution in [0.3, 0.4) is 0 Å². The van der Waals surface area contributed by atoms with E-state index in [0.29, 0.717) is 0 Å². The smallest absolute Gasteiger partial charge is 0.0541 e. The third-order valence-corrected chi connectivity index (χ3v) is 9.29. The van der Waals surface area contributed by atoms with Gasteiger partial charge in [-0.2, -0.15) is 0 Å². The molecule has 44 heavy (non-hydrogen) atoms. The maximum absolute atomic E-state index is 2.45. The van der Waals surface area contributed by atoms with Crippen molar-refractivity contribution in [3.63, 3.8) is 0 Å². The van der Waals surface area contributed by atoms with Crippen LogP contribution in [0.15, 0.2) is 170 Å². The second-order valence-corrected chi connectivity index (χ2v) is 11.7. The maximum Gasteiger partial charge on any atom is 0.0541 e. The lowest BCUT2D eigenvalue weighted by Gasteiger charge is -2.16. The molecule has 1 unspecified atom stereocenters. The molecule has 0 amide bonds. The first-order valence-electron chi connectivity index (χ1n) is 15.3. The highest BCUT2D eigenvalue weighted by Crippen LogP contribution is 2.49. The van der Waals surface area contributed by atoms with Crippen LogP contribution in [0.2, 0.25) is 0 Å². The second kappa shape index (κ2) is 9.97. The molecule has 1 aliphatic carbocycles. The number of para-hydroxylation sites is 2. The van der Waals surface area contributed by atoms with Crippen molar-refractivity contribution in [1.82, 2.24) is 4.57 Å². The van der Waals surface area contributed by atoms with Gasteiger partial charge >= 0.3 is 0 Å². The average Bonchev–Trinajstić information content (AvgIpc) is 3.61. The van der Waals surface area contributed by atoms with Crippen molar-refractivity contribution in [2.45, 2.75) is 5.92 Å². The van der Waals surface area contributed by atoms with Crippen molar-refractivity contribution >= 4 is 21.8 Å². The van der Waals surface area contributed by atoms with E-state index in [9.17, 15) is 0 Å². The zero-order chi connectivity index (χ0) is 29.0. The maximum atomic E-state index is 2.45. The zero-order valence-electron chi connectivity index (χ0n) is 24.2. The lowest BCUT2D eigenvalue weighted by atomic mass is 9.89. The predicted octanol–water partition coefficient (Wildman–Crippen LogP) is 11.3. The molecular formula is C43H29N. The summed E-state index contributed by atoms with van der Waals surface area (Å²) in [5, 5.41) is 2.54. The van der Waals surface area contributed by atoms with Crippen LogP contribution in [0.25, 0.3) is 60.9 Å². The topological polar surface area (TPSA) is 4.93 Å². The van der Waals surface area contributed by atoms with Gasteiger partial charge in [0.1, 0.15) is 0 Å². The Kier molecular flexibility index (Phi) is 5.64. The Balaban J connectivity index is 1.24. The predicted molar refractivity (Wildman–Crippen MR) is 184 cm³/mol. The summed E-state index contributed by atoms with van der Waals surface area (Å²) in [5.74, 6) is 0.253. The third-order valence-electron chi connectivity index (χ3n) is 9.29. The average molecular weight is 560 g/mol. The van der Waals surface area contributed by atoms with Gasteiger partial charge < -0.3 is 4.57 Å². The quantitative estimate of drug-likeness (QED) is 0.202. The first-order valence-corrected chi connectivity index (χ1v) is 15.3. The number of hydrogen-bond donors (Lipinski definition) is 0. The van der Waals surface area contributed by atoms with Crippen molar-refractivity contribution in [2.75, 3.05) is 0 Å². The fraction of sp³-hybridized carbons (Fsp3) is 0.0233. The van der Waals surface area contributed by atoms with Gasteiger partial charge in [0.2, 0.25) is 0 Å². The molecule has 0 N–H and O–H groups in total. The Bertz CT molecular complexity index is 2330. The van der Waals surface area contributed by atoms with Crippen LogP contribution < -0.4 is 0 Å². The van der Waals surface area contributed by atoms with E-state index in [1.165, 1.54) is 77.6 Å². The Morgan fingerprint density at radius 1 is 0.364 bits per heavy atom. The van der Waals surface area contributed by atoms with E-state index in [1.807, 2.05) is 0 Å². The number of nitrogens with zero attached hydrogens (tertiary/aromatic N) is 1. The van der Waals surface area contributed by atoms with Gasteiger partial charge in [0.15, 0.2) is 0 Å². The van der Waals surface area contributed by atoms with Gasteiger partial charge in [-0.1, -0.05) is 140 Å². The van der Waals surface area contributed by atoms with Gasteiger partial charge in [0.05, 0.1) is 16.7 Å². The Morgan fingerprint density at radius 2 is 1.00 bits per heavy atom. The molecule has 0 aliphatic heterocycles. The van der Waals surface area contributed by atoms with E-state index >= 15 is 0 Å². The molecule has 0 spiro atoms. The molecule has 0 saturated heterocycles. The van der Waals surface area contributed by atoms with Crippen molar-refractivity contribution < 1.29 is 0 Å². The monoisotopic (exact) mass is 559 g/mol. The summed E-state index contributed by atoms with van der Waals surface area (Å²) in [4.78, 5) is 0. The second-order valence-electron chi connectivity index (χ2n) is 11.7. The standard InChI is InChI=1S/C43H29N/c1-3-13-29(14-4-1)31-24-26-42-39(27-31)35-19-10-12-22-41(35)44(42)40-21-11-9-17-33(40)32-23-25-37-38(28-32)34-18-7-8-20-36(34)43(37)30-15-5-2-6-16-30/h1-28,43H. The number of benzene rings is 7. The van der Waals surface area contributed by atoms with Crippen LogP contribution in [-0.2, 0) is 0 Å². The molecule has 206 valence electrons. The lowest BCUT2D eigenvalue weighted by molar-refractivity contribution is 1.02. The fourth-order valence-electron chi connectivity index (χ4n) is 7.33. The first-order chi connectivity index (χ1) is 21.8. The van der Waals surface area contributed by atoms with E-state index in [-0.39, 0.29) is 5.92 Å². The van der Waals surface area contributed by atoms with Crippen molar-refractivity contribution in [2.24, 2.45) is 0 Å². The van der Waals surface area contributed by atoms with Crippen molar-refractivity contribution in [3.05, 3.63) is 187 Å². The summed E-state index contributed by atoms with van der Waals surface area (Å²) in [6, 6.07) is 62.1. The molecule has 7 aromatic carbocycles. The Labute approximate surface area is 257 Å². The van der Waals surface area contributed by atoms with Crippen LogP contribution in [0, 0.1) is 0 Å². The summed E-state index contributed by atoms with van der Waals surface area (Å²) in [6.45, 7) is 0. The lowest BCUT2D eigenvalue weighted by Crippen LogP contribution is -1.99. The van der Waals surface area contributed by atoms with Gasteiger partial charge in [0, 0.05) is 22.3 Å². The molecule has 0 fully saturated rings.